The zero-order chi connectivity index (χ0) is 17.1. The van der Waals surface area contributed by atoms with E-state index >= 15 is 0 Å². The van der Waals surface area contributed by atoms with Crippen LogP contribution in [0.5, 0.6) is 0 Å². The maximum Gasteiger partial charge on any atom is 0.234 e. The Morgan fingerprint density at radius 3 is 2.83 bits per heavy atom. The fraction of sp³-hybridized carbons (Fsp3) is 0.312. The molecule has 1 N–H and O–H groups in total. The number of anilines is 1. The number of aromatic nitrogens is 3. The van der Waals surface area contributed by atoms with Crippen molar-refractivity contribution in [1.82, 2.24) is 14.8 Å². The van der Waals surface area contributed by atoms with Crippen molar-refractivity contribution in [1.29, 1.82) is 0 Å². The molecule has 1 aromatic heterocycles. The first-order chi connectivity index (χ1) is 11.6. The van der Waals surface area contributed by atoms with Gasteiger partial charge in [0.05, 0.1) is 15.8 Å². The van der Waals surface area contributed by atoms with E-state index in [-0.39, 0.29) is 11.7 Å². The molecular weight excluding hydrogens is 367 g/mol. The number of carbonyl (C=O) groups excluding carboxylic acids is 1. The number of thioether (sulfide) groups is 1. The fourth-order valence-corrected chi connectivity index (χ4v) is 3.31. The summed E-state index contributed by atoms with van der Waals surface area (Å²) in [6.07, 6.45) is 4.12. The average Bonchev–Trinajstić information content (AvgIpc) is 3.32. The molecule has 1 aromatic carbocycles. The number of hydrogen-bond acceptors (Lipinski definition) is 4. The second kappa shape index (κ2) is 7.59. The normalized spacial score (nSPS) is 13.8. The quantitative estimate of drug-likeness (QED) is 0.570. The smallest absolute Gasteiger partial charge is 0.234 e. The monoisotopic (exact) mass is 382 g/mol. The topological polar surface area (TPSA) is 59.8 Å². The van der Waals surface area contributed by atoms with Crippen LogP contribution in [-0.4, -0.2) is 26.4 Å². The van der Waals surface area contributed by atoms with Gasteiger partial charge in [0.1, 0.15) is 5.82 Å². The first kappa shape index (κ1) is 17.3. The van der Waals surface area contributed by atoms with E-state index in [1.54, 1.807) is 18.2 Å². The molecule has 2 aromatic rings. The number of nitrogens with zero attached hydrogens (tertiary/aromatic N) is 3. The summed E-state index contributed by atoms with van der Waals surface area (Å²) in [5.74, 6) is 1.58. The third-order valence-electron chi connectivity index (χ3n) is 3.54. The third kappa shape index (κ3) is 4.12. The summed E-state index contributed by atoms with van der Waals surface area (Å²) in [4.78, 5) is 12.1. The molecule has 0 unspecified atom stereocenters. The van der Waals surface area contributed by atoms with E-state index in [4.69, 9.17) is 23.2 Å². The Morgan fingerprint density at radius 2 is 2.17 bits per heavy atom. The third-order valence-corrected chi connectivity index (χ3v) is 5.24. The minimum absolute atomic E-state index is 0.139. The molecule has 1 fully saturated rings. The molecule has 1 aliphatic rings. The van der Waals surface area contributed by atoms with E-state index in [2.05, 4.69) is 22.1 Å². The van der Waals surface area contributed by atoms with Gasteiger partial charge in [0.2, 0.25) is 5.91 Å². The molecule has 24 heavy (non-hydrogen) atoms. The van der Waals surface area contributed by atoms with Gasteiger partial charge in [0, 0.05) is 18.2 Å². The number of rotatable bonds is 7. The van der Waals surface area contributed by atoms with Crippen LogP contribution in [0.1, 0.15) is 24.6 Å². The van der Waals surface area contributed by atoms with Crippen LogP contribution < -0.4 is 5.32 Å². The number of halogens is 2. The van der Waals surface area contributed by atoms with Crippen LogP contribution in [0.3, 0.4) is 0 Å². The number of benzene rings is 1. The van der Waals surface area contributed by atoms with Gasteiger partial charge in [-0.15, -0.1) is 16.8 Å². The first-order valence-electron chi connectivity index (χ1n) is 7.50. The summed E-state index contributed by atoms with van der Waals surface area (Å²) in [6.45, 7) is 4.42. The van der Waals surface area contributed by atoms with Crippen LogP contribution in [0.25, 0.3) is 0 Å². The van der Waals surface area contributed by atoms with Gasteiger partial charge < -0.3 is 9.88 Å². The number of amides is 1. The maximum absolute atomic E-state index is 12.1. The van der Waals surface area contributed by atoms with Crippen LogP contribution in [-0.2, 0) is 11.3 Å². The Hall–Kier alpha value is -1.50. The van der Waals surface area contributed by atoms with Crippen LogP contribution in [0.4, 0.5) is 5.69 Å². The largest absolute Gasteiger partial charge is 0.325 e. The first-order valence-corrected chi connectivity index (χ1v) is 9.24. The van der Waals surface area contributed by atoms with Crippen molar-refractivity contribution < 1.29 is 4.79 Å². The lowest BCUT2D eigenvalue weighted by atomic mass is 10.3. The zero-order valence-corrected chi connectivity index (χ0v) is 15.2. The minimum atomic E-state index is -0.139. The lowest BCUT2D eigenvalue weighted by molar-refractivity contribution is -0.113. The molecule has 0 atom stereocenters. The highest BCUT2D eigenvalue weighted by Gasteiger charge is 2.30. The average molecular weight is 383 g/mol. The number of hydrogen-bond donors (Lipinski definition) is 1. The Balaban J connectivity index is 1.61. The highest BCUT2D eigenvalue weighted by atomic mass is 35.5. The molecule has 0 spiro atoms. The van der Waals surface area contributed by atoms with Gasteiger partial charge in [-0.1, -0.05) is 41.0 Å². The molecule has 0 radical (unpaired) electrons. The lowest BCUT2D eigenvalue weighted by Crippen LogP contribution is -2.14. The molecule has 0 bridgehead atoms. The van der Waals surface area contributed by atoms with E-state index in [0.717, 1.165) is 23.8 Å². The summed E-state index contributed by atoms with van der Waals surface area (Å²) < 4.78 is 2.03. The van der Waals surface area contributed by atoms with Crippen molar-refractivity contribution in [3.8, 4) is 0 Å². The zero-order valence-electron chi connectivity index (χ0n) is 12.8. The van der Waals surface area contributed by atoms with Gasteiger partial charge >= 0.3 is 0 Å². The molecule has 1 aliphatic carbocycles. The van der Waals surface area contributed by atoms with Crippen molar-refractivity contribution in [3.05, 3.63) is 46.7 Å². The van der Waals surface area contributed by atoms with E-state index in [0.29, 0.717) is 28.2 Å². The minimum Gasteiger partial charge on any atom is -0.325 e. The Bertz CT molecular complexity index is 773. The Morgan fingerprint density at radius 1 is 1.38 bits per heavy atom. The molecule has 5 nitrogen and oxygen atoms in total. The van der Waals surface area contributed by atoms with Gasteiger partial charge in [-0.25, -0.2) is 0 Å². The molecule has 0 aliphatic heterocycles. The van der Waals surface area contributed by atoms with E-state index in [1.807, 2.05) is 10.6 Å². The number of nitrogens with one attached hydrogen (secondary N) is 1. The summed E-state index contributed by atoms with van der Waals surface area (Å²) in [7, 11) is 0. The lowest BCUT2D eigenvalue weighted by Gasteiger charge is -2.08. The SMILES string of the molecule is C=CCn1c(SCC(=O)Nc2ccc(Cl)c(Cl)c2)nnc1C1CC1. The molecule has 3 rings (SSSR count). The van der Waals surface area contributed by atoms with Crippen molar-refractivity contribution in [2.24, 2.45) is 0 Å². The summed E-state index contributed by atoms with van der Waals surface area (Å²) in [5.41, 5.74) is 0.612. The predicted octanol–water partition coefficient (Wildman–Crippen LogP) is 4.38. The van der Waals surface area contributed by atoms with E-state index in [1.165, 1.54) is 11.8 Å². The molecule has 1 heterocycles. The molecule has 126 valence electrons. The van der Waals surface area contributed by atoms with Crippen LogP contribution >= 0.6 is 35.0 Å². The highest BCUT2D eigenvalue weighted by molar-refractivity contribution is 7.99. The van der Waals surface area contributed by atoms with Crippen molar-refractivity contribution in [2.75, 3.05) is 11.1 Å². The molecule has 0 saturated heterocycles. The summed E-state index contributed by atoms with van der Waals surface area (Å²) >= 11 is 13.2. The van der Waals surface area contributed by atoms with E-state index in [9.17, 15) is 4.79 Å². The molecular formula is C16H16Cl2N4OS. The van der Waals surface area contributed by atoms with Crippen molar-refractivity contribution >= 4 is 46.6 Å². The molecule has 1 amide bonds. The number of allylic oxidation sites excluding steroid dienone is 1. The Labute approximate surface area is 154 Å². The van der Waals surface area contributed by atoms with Crippen LogP contribution in [0, 0.1) is 0 Å². The Kier molecular flexibility index (Phi) is 5.48. The van der Waals surface area contributed by atoms with Gasteiger partial charge in [-0.3, -0.25) is 4.79 Å². The molecule has 8 heteroatoms. The van der Waals surface area contributed by atoms with Gasteiger partial charge in [0.15, 0.2) is 5.16 Å². The maximum atomic E-state index is 12.1. The van der Waals surface area contributed by atoms with Gasteiger partial charge in [0.25, 0.3) is 0 Å². The van der Waals surface area contributed by atoms with Crippen molar-refractivity contribution in [2.45, 2.75) is 30.5 Å². The van der Waals surface area contributed by atoms with Gasteiger partial charge in [-0.05, 0) is 31.0 Å². The summed E-state index contributed by atoms with van der Waals surface area (Å²) in [5, 5.41) is 12.9. The summed E-state index contributed by atoms with van der Waals surface area (Å²) in [6, 6.07) is 4.98. The second-order valence-corrected chi connectivity index (χ2v) is 7.24. The van der Waals surface area contributed by atoms with Crippen molar-refractivity contribution in [3.63, 3.8) is 0 Å². The second-order valence-electron chi connectivity index (χ2n) is 5.48. The fourth-order valence-electron chi connectivity index (χ4n) is 2.25. The molecule has 1 saturated carbocycles. The van der Waals surface area contributed by atoms with Gasteiger partial charge in [-0.2, -0.15) is 0 Å². The van der Waals surface area contributed by atoms with Crippen LogP contribution in [0.2, 0.25) is 10.0 Å². The standard InChI is InChI=1S/C16H16Cl2N4OS/c1-2-7-22-15(10-3-4-10)20-21-16(22)24-9-14(23)19-11-5-6-12(17)13(18)8-11/h2,5-6,8,10H,1,3-4,7,9H2,(H,19,23). The highest BCUT2D eigenvalue weighted by Crippen LogP contribution is 2.40. The number of carbonyl (C=O) groups is 1. The van der Waals surface area contributed by atoms with E-state index < -0.39 is 0 Å². The van der Waals surface area contributed by atoms with Crippen LogP contribution in [0.15, 0.2) is 36.0 Å². The predicted molar refractivity (Wildman–Crippen MR) is 98.0 cm³/mol.